The van der Waals surface area contributed by atoms with Gasteiger partial charge in [0.2, 0.25) is 0 Å². The van der Waals surface area contributed by atoms with Crippen LogP contribution < -0.4 is 0 Å². The van der Waals surface area contributed by atoms with E-state index in [2.05, 4.69) is 30.9 Å². The Balaban J connectivity index is 1.87. The second-order valence-electron chi connectivity index (χ2n) is 7.24. The lowest BCUT2D eigenvalue weighted by Gasteiger charge is -2.27. The van der Waals surface area contributed by atoms with Crippen LogP contribution in [0, 0.1) is 0 Å². The SMILES string of the molecule is Cn1nc(C(C)(C)C)cc1C(=O)N1CCCN1C(=O)c1cccnc1. The number of hydrazine groups is 1. The predicted molar refractivity (Wildman–Crippen MR) is 92.8 cm³/mol. The molecular formula is C18H23N5O2. The van der Waals surface area contributed by atoms with Crippen molar-refractivity contribution in [1.29, 1.82) is 0 Å². The number of amides is 2. The molecule has 0 N–H and O–H groups in total. The number of carbonyl (C=O) groups excluding carboxylic acids is 2. The first-order valence-electron chi connectivity index (χ1n) is 8.37. The summed E-state index contributed by atoms with van der Waals surface area (Å²) < 4.78 is 1.59. The van der Waals surface area contributed by atoms with E-state index >= 15 is 0 Å². The standard InChI is InChI=1S/C18H23N5O2/c1-18(2,3)15-11-14(21(4)20-15)17(25)23-10-6-9-22(23)16(24)13-7-5-8-19-12-13/h5,7-8,11-12H,6,9-10H2,1-4H3. The molecule has 1 saturated heterocycles. The Bertz CT molecular complexity index is 792. The van der Waals surface area contributed by atoms with Gasteiger partial charge in [0.25, 0.3) is 11.8 Å². The molecule has 0 aliphatic carbocycles. The maximum atomic E-state index is 13.0. The summed E-state index contributed by atoms with van der Waals surface area (Å²) in [6.45, 7) is 7.19. The fraction of sp³-hybridized carbons (Fsp3) is 0.444. The van der Waals surface area contributed by atoms with Gasteiger partial charge in [-0.3, -0.25) is 19.3 Å². The van der Waals surface area contributed by atoms with Crippen LogP contribution in [0.2, 0.25) is 0 Å². The van der Waals surface area contributed by atoms with E-state index in [4.69, 9.17) is 0 Å². The highest BCUT2D eigenvalue weighted by atomic mass is 16.2. The number of nitrogens with zero attached hydrogens (tertiary/aromatic N) is 5. The third-order valence-corrected chi connectivity index (χ3v) is 4.28. The average molecular weight is 341 g/mol. The highest BCUT2D eigenvalue weighted by molar-refractivity contribution is 5.98. The summed E-state index contributed by atoms with van der Waals surface area (Å²) >= 11 is 0. The maximum Gasteiger partial charge on any atom is 0.290 e. The summed E-state index contributed by atoms with van der Waals surface area (Å²) in [5, 5.41) is 7.47. The lowest BCUT2D eigenvalue weighted by Crippen LogP contribution is -2.45. The summed E-state index contributed by atoms with van der Waals surface area (Å²) in [5.41, 5.74) is 1.66. The molecule has 1 aliphatic rings. The van der Waals surface area contributed by atoms with Gasteiger partial charge < -0.3 is 0 Å². The number of hydrogen-bond acceptors (Lipinski definition) is 4. The zero-order valence-electron chi connectivity index (χ0n) is 15.1. The average Bonchev–Trinajstić information content (AvgIpc) is 3.20. The molecule has 132 valence electrons. The molecule has 0 aromatic carbocycles. The topological polar surface area (TPSA) is 71.3 Å². The monoisotopic (exact) mass is 341 g/mol. The van der Waals surface area contributed by atoms with E-state index in [1.54, 1.807) is 30.1 Å². The molecule has 0 saturated carbocycles. The van der Waals surface area contributed by atoms with Gasteiger partial charge in [0.15, 0.2) is 0 Å². The number of pyridine rings is 1. The molecule has 25 heavy (non-hydrogen) atoms. The first kappa shape index (κ1) is 17.1. The van der Waals surface area contributed by atoms with E-state index in [9.17, 15) is 9.59 Å². The number of hydrogen-bond donors (Lipinski definition) is 0. The van der Waals surface area contributed by atoms with Crippen molar-refractivity contribution >= 4 is 11.8 Å². The Hall–Kier alpha value is -2.70. The minimum absolute atomic E-state index is 0.146. The molecule has 0 spiro atoms. The van der Waals surface area contributed by atoms with Crippen molar-refractivity contribution in [3.8, 4) is 0 Å². The number of carbonyl (C=O) groups is 2. The molecule has 2 aromatic heterocycles. The minimum Gasteiger partial charge on any atom is -0.267 e. The summed E-state index contributed by atoms with van der Waals surface area (Å²) in [4.78, 5) is 29.7. The van der Waals surface area contributed by atoms with E-state index in [1.165, 1.54) is 16.2 Å². The van der Waals surface area contributed by atoms with Crippen LogP contribution in [-0.2, 0) is 12.5 Å². The molecular weight excluding hydrogens is 318 g/mol. The fourth-order valence-corrected chi connectivity index (χ4v) is 2.84. The van der Waals surface area contributed by atoms with Crippen LogP contribution in [0.4, 0.5) is 0 Å². The van der Waals surface area contributed by atoms with E-state index in [0.29, 0.717) is 24.3 Å². The first-order chi connectivity index (χ1) is 11.8. The lowest BCUT2D eigenvalue weighted by atomic mass is 9.92. The molecule has 1 fully saturated rings. The Morgan fingerprint density at radius 3 is 2.36 bits per heavy atom. The molecule has 3 heterocycles. The molecule has 0 atom stereocenters. The van der Waals surface area contributed by atoms with Crippen LogP contribution in [0.5, 0.6) is 0 Å². The van der Waals surface area contributed by atoms with Gasteiger partial charge in [0.1, 0.15) is 5.69 Å². The molecule has 7 heteroatoms. The number of aromatic nitrogens is 3. The van der Waals surface area contributed by atoms with Crippen LogP contribution in [0.15, 0.2) is 30.6 Å². The molecule has 0 unspecified atom stereocenters. The second kappa shape index (κ2) is 6.31. The Labute approximate surface area is 147 Å². The molecule has 0 bridgehead atoms. The van der Waals surface area contributed by atoms with Gasteiger partial charge in [0, 0.05) is 37.9 Å². The smallest absolute Gasteiger partial charge is 0.267 e. The Morgan fingerprint density at radius 2 is 1.80 bits per heavy atom. The minimum atomic E-state index is -0.211. The summed E-state index contributed by atoms with van der Waals surface area (Å²) in [7, 11) is 1.76. The number of aryl methyl sites for hydroxylation is 1. The third-order valence-electron chi connectivity index (χ3n) is 4.28. The zero-order valence-corrected chi connectivity index (χ0v) is 15.1. The van der Waals surface area contributed by atoms with Crippen LogP contribution in [0.3, 0.4) is 0 Å². The largest absolute Gasteiger partial charge is 0.290 e. The summed E-state index contributed by atoms with van der Waals surface area (Å²) in [6.07, 6.45) is 3.89. The molecule has 3 rings (SSSR count). The van der Waals surface area contributed by atoms with Gasteiger partial charge in [-0.05, 0) is 24.6 Å². The van der Waals surface area contributed by atoms with Crippen molar-refractivity contribution in [3.05, 3.63) is 47.5 Å². The lowest BCUT2D eigenvalue weighted by molar-refractivity contribution is 0.0179. The Kier molecular flexibility index (Phi) is 4.32. The van der Waals surface area contributed by atoms with Crippen molar-refractivity contribution in [2.75, 3.05) is 13.1 Å². The van der Waals surface area contributed by atoms with Gasteiger partial charge in [-0.2, -0.15) is 5.10 Å². The van der Waals surface area contributed by atoms with Gasteiger partial charge in [0.05, 0.1) is 11.3 Å². The Morgan fingerprint density at radius 1 is 1.12 bits per heavy atom. The molecule has 2 aromatic rings. The van der Waals surface area contributed by atoms with Crippen LogP contribution in [-0.4, -0.2) is 49.7 Å². The van der Waals surface area contributed by atoms with Crippen LogP contribution in [0.1, 0.15) is 53.7 Å². The quantitative estimate of drug-likeness (QED) is 0.838. The van der Waals surface area contributed by atoms with Crippen molar-refractivity contribution in [2.45, 2.75) is 32.6 Å². The van der Waals surface area contributed by atoms with Crippen LogP contribution >= 0.6 is 0 Å². The van der Waals surface area contributed by atoms with Gasteiger partial charge in [-0.15, -0.1) is 0 Å². The van der Waals surface area contributed by atoms with Crippen molar-refractivity contribution in [3.63, 3.8) is 0 Å². The van der Waals surface area contributed by atoms with Crippen molar-refractivity contribution in [1.82, 2.24) is 24.8 Å². The highest BCUT2D eigenvalue weighted by Crippen LogP contribution is 2.23. The van der Waals surface area contributed by atoms with E-state index in [1.807, 2.05) is 6.07 Å². The van der Waals surface area contributed by atoms with E-state index in [-0.39, 0.29) is 17.2 Å². The second-order valence-corrected chi connectivity index (χ2v) is 7.24. The molecule has 0 radical (unpaired) electrons. The normalized spacial score (nSPS) is 14.9. The first-order valence-corrected chi connectivity index (χ1v) is 8.37. The van der Waals surface area contributed by atoms with E-state index in [0.717, 1.165) is 12.1 Å². The molecule has 1 aliphatic heterocycles. The summed E-state index contributed by atoms with van der Waals surface area (Å²) in [6, 6.07) is 5.23. The third kappa shape index (κ3) is 3.26. The zero-order chi connectivity index (χ0) is 18.2. The molecule has 2 amide bonds. The van der Waals surface area contributed by atoms with E-state index < -0.39 is 0 Å². The van der Waals surface area contributed by atoms with Crippen molar-refractivity contribution < 1.29 is 9.59 Å². The fourth-order valence-electron chi connectivity index (χ4n) is 2.84. The number of rotatable bonds is 2. The summed E-state index contributed by atoms with van der Waals surface area (Å²) in [5.74, 6) is -0.419. The van der Waals surface area contributed by atoms with Gasteiger partial charge >= 0.3 is 0 Å². The van der Waals surface area contributed by atoms with Crippen LogP contribution in [0.25, 0.3) is 0 Å². The predicted octanol–water partition coefficient (Wildman–Crippen LogP) is 2.02. The van der Waals surface area contributed by atoms with Gasteiger partial charge in [-0.1, -0.05) is 20.8 Å². The maximum absolute atomic E-state index is 13.0. The highest BCUT2D eigenvalue weighted by Gasteiger charge is 2.34. The van der Waals surface area contributed by atoms with Gasteiger partial charge in [-0.25, -0.2) is 10.0 Å². The van der Waals surface area contributed by atoms with Crippen molar-refractivity contribution in [2.24, 2.45) is 7.05 Å². The molecule has 7 nitrogen and oxygen atoms in total.